The molecule has 0 radical (unpaired) electrons. The minimum Gasteiger partial charge on any atom is -0.487 e. The molecule has 0 bridgehead atoms. The zero-order valence-electron chi connectivity index (χ0n) is 10.7. The quantitative estimate of drug-likeness (QED) is 0.882. The monoisotopic (exact) mass is 246 g/mol. The van der Waals surface area contributed by atoms with Gasteiger partial charge in [0.25, 0.3) is 0 Å². The number of hydrogen-bond donors (Lipinski definition) is 1. The maximum atomic E-state index is 9.66. The summed E-state index contributed by atoms with van der Waals surface area (Å²) in [4.78, 5) is 4.10. The molecule has 1 atom stereocenters. The lowest BCUT2D eigenvalue weighted by atomic mass is 10.1. The van der Waals surface area contributed by atoms with Crippen molar-refractivity contribution < 1.29 is 9.84 Å². The fourth-order valence-corrected chi connectivity index (χ4v) is 1.86. The van der Waals surface area contributed by atoms with Gasteiger partial charge >= 0.3 is 0 Å². The van der Waals surface area contributed by atoms with Crippen LogP contribution in [0.4, 0.5) is 0 Å². The Hall–Kier alpha value is -1.81. The highest BCUT2D eigenvalue weighted by molar-refractivity contribution is 5.34. The Morgan fingerprint density at radius 2 is 2.17 bits per heavy atom. The van der Waals surface area contributed by atoms with Gasteiger partial charge in [0, 0.05) is 12.1 Å². The summed E-state index contributed by atoms with van der Waals surface area (Å²) in [5.74, 6) is 0.719. The van der Waals surface area contributed by atoms with Crippen LogP contribution in [-0.4, -0.2) is 14.7 Å². The molecule has 1 N–H and O–H groups in total. The zero-order valence-corrected chi connectivity index (χ0v) is 10.7. The third kappa shape index (κ3) is 2.71. The van der Waals surface area contributed by atoms with Gasteiger partial charge in [0.15, 0.2) is 0 Å². The van der Waals surface area contributed by atoms with E-state index in [0.29, 0.717) is 6.61 Å². The second-order valence-corrected chi connectivity index (χ2v) is 4.17. The number of hydrogen-bond acceptors (Lipinski definition) is 3. The lowest BCUT2D eigenvalue weighted by molar-refractivity contribution is 0.189. The minimum atomic E-state index is -0.530. The van der Waals surface area contributed by atoms with Crippen LogP contribution >= 0.6 is 0 Å². The van der Waals surface area contributed by atoms with Gasteiger partial charge in [-0.25, -0.2) is 4.98 Å². The molecule has 0 unspecified atom stereocenters. The Balaban J connectivity index is 2.11. The molecule has 18 heavy (non-hydrogen) atoms. The third-order valence-corrected chi connectivity index (χ3v) is 2.88. The number of nitrogens with zero attached hydrogens (tertiary/aromatic N) is 2. The molecule has 0 saturated heterocycles. The summed E-state index contributed by atoms with van der Waals surface area (Å²) in [7, 11) is 0. The summed E-state index contributed by atoms with van der Waals surface area (Å²) in [5.41, 5.74) is 1.83. The van der Waals surface area contributed by atoms with Gasteiger partial charge in [-0.3, -0.25) is 0 Å². The highest BCUT2D eigenvalue weighted by atomic mass is 16.5. The number of aliphatic hydroxyl groups excluding tert-OH is 1. The van der Waals surface area contributed by atoms with E-state index in [2.05, 4.69) is 11.9 Å². The van der Waals surface area contributed by atoms with Crippen molar-refractivity contribution in [1.29, 1.82) is 0 Å². The molecule has 2 aromatic rings. The van der Waals surface area contributed by atoms with Gasteiger partial charge in [0.2, 0.25) is 0 Å². The molecule has 0 amide bonds. The van der Waals surface area contributed by atoms with E-state index in [1.54, 1.807) is 19.4 Å². The number of benzene rings is 1. The van der Waals surface area contributed by atoms with Gasteiger partial charge in [0.05, 0.1) is 24.3 Å². The molecule has 2 rings (SSSR count). The van der Waals surface area contributed by atoms with Gasteiger partial charge in [0.1, 0.15) is 12.4 Å². The van der Waals surface area contributed by atoms with Crippen LogP contribution < -0.4 is 4.74 Å². The van der Waals surface area contributed by atoms with E-state index in [-0.39, 0.29) is 0 Å². The van der Waals surface area contributed by atoms with E-state index in [1.807, 2.05) is 28.8 Å². The van der Waals surface area contributed by atoms with Crippen molar-refractivity contribution in [3.8, 4) is 5.75 Å². The molecule has 0 aliphatic rings. The SMILES string of the molecule is CCn1cncc1COc1ccccc1[C@H](C)O. The predicted molar refractivity (Wildman–Crippen MR) is 69.3 cm³/mol. The van der Waals surface area contributed by atoms with E-state index >= 15 is 0 Å². The number of rotatable bonds is 5. The summed E-state index contributed by atoms with van der Waals surface area (Å²) in [5, 5.41) is 9.66. The molecule has 0 aliphatic carbocycles. The fourth-order valence-electron chi connectivity index (χ4n) is 1.86. The van der Waals surface area contributed by atoms with Crippen LogP contribution in [-0.2, 0) is 13.2 Å². The molecule has 1 aromatic carbocycles. The van der Waals surface area contributed by atoms with Crippen LogP contribution in [0.3, 0.4) is 0 Å². The first kappa shape index (κ1) is 12.6. The normalized spacial score (nSPS) is 12.4. The number of aryl methyl sites for hydroxylation is 1. The fraction of sp³-hybridized carbons (Fsp3) is 0.357. The van der Waals surface area contributed by atoms with E-state index in [4.69, 9.17) is 4.74 Å². The van der Waals surface area contributed by atoms with E-state index in [1.165, 1.54) is 0 Å². The summed E-state index contributed by atoms with van der Waals surface area (Å²) < 4.78 is 7.80. The minimum absolute atomic E-state index is 0.456. The van der Waals surface area contributed by atoms with Crippen molar-refractivity contribution in [2.45, 2.75) is 33.1 Å². The maximum Gasteiger partial charge on any atom is 0.130 e. The summed E-state index contributed by atoms with van der Waals surface area (Å²) in [6.07, 6.45) is 3.06. The van der Waals surface area contributed by atoms with Crippen molar-refractivity contribution in [2.75, 3.05) is 0 Å². The first-order chi connectivity index (χ1) is 8.72. The van der Waals surface area contributed by atoms with Gasteiger partial charge in [-0.1, -0.05) is 18.2 Å². The number of imidazole rings is 1. The molecule has 1 heterocycles. The Kier molecular flexibility index (Phi) is 3.99. The number of aliphatic hydroxyl groups is 1. The van der Waals surface area contributed by atoms with Gasteiger partial charge in [-0.15, -0.1) is 0 Å². The number of para-hydroxylation sites is 1. The molecule has 96 valence electrons. The van der Waals surface area contributed by atoms with Crippen LogP contribution in [0.5, 0.6) is 5.75 Å². The topological polar surface area (TPSA) is 47.3 Å². The first-order valence-electron chi connectivity index (χ1n) is 6.11. The number of ether oxygens (including phenoxy) is 1. The Bertz CT molecular complexity index is 506. The van der Waals surface area contributed by atoms with Crippen molar-refractivity contribution >= 4 is 0 Å². The Morgan fingerprint density at radius 1 is 1.39 bits per heavy atom. The van der Waals surface area contributed by atoms with Gasteiger partial charge in [-0.05, 0) is 19.9 Å². The van der Waals surface area contributed by atoms with Crippen molar-refractivity contribution in [3.63, 3.8) is 0 Å². The molecule has 0 fully saturated rings. The lowest BCUT2D eigenvalue weighted by Gasteiger charge is -2.13. The molecular formula is C14H18N2O2. The van der Waals surface area contributed by atoms with Crippen LogP contribution in [0, 0.1) is 0 Å². The van der Waals surface area contributed by atoms with Gasteiger partial charge < -0.3 is 14.4 Å². The highest BCUT2D eigenvalue weighted by Crippen LogP contribution is 2.25. The van der Waals surface area contributed by atoms with Crippen LogP contribution in [0.25, 0.3) is 0 Å². The Labute approximate surface area is 107 Å². The summed E-state index contributed by atoms with van der Waals surface area (Å²) in [6.45, 7) is 5.13. The van der Waals surface area contributed by atoms with Crippen molar-refractivity contribution in [2.24, 2.45) is 0 Å². The maximum absolute atomic E-state index is 9.66. The lowest BCUT2D eigenvalue weighted by Crippen LogP contribution is -2.05. The average Bonchev–Trinajstić information content (AvgIpc) is 2.84. The zero-order chi connectivity index (χ0) is 13.0. The second kappa shape index (κ2) is 5.69. The molecule has 4 nitrogen and oxygen atoms in total. The molecule has 0 spiro atoms. The van der Waals surface area contributed by atoms with Crippen LogP contribution in [0.2, 0.25) is 0 Å². The van der Waals surface area contributed by atoms with E-state index in [0.717, 1.165) is 23.6 Å². The summed E-state index contributed by atoms with van der Waals surface area (Å²) in [6, 6.07) is 7.54. The third-order valence-electron chi connectivity index (χ3n) is 2.88. The van der Waals surface area contributed by atoms with Crippen molar-refractivity contribution in [3.05, 3.63) is 48.0 Å². The van der Waals surface area contributed by atoms with E-state index in [9.17, 15) is 5.11 Å². The molecule has 0 saturated carbocycles. The first-order valence-corrected chi connectivity index (χ1v) is 6.11. The second-order valence-electron chi connectivity index (χ2n) is 4.17. The standard InChI is InChI=1S/C14H18N2O2/c1-3-16-10-15-8-12(16)9-18-14-7-5-4-6-13(14)11(2)17/h4-8,10-11,17H,3,9H2,1-2H3/t11-/m0/s1. The van der Waals surface area contributed by atoms with Crippen LogP contribution in [0.1, 0.15) is 31.2 Å². The van der Waals surface area contributed by atoms with Crippen molar-refractivity contribution in [1.82, 2.24) is 9.55 Å². The van der Waals surface area contributed by atoms with Crippen LogP contribution in [0.15, 0.2) is 36.8 Å². The average molecular weight is 246 g/mol. The largest absolute Gasteiger partial charge is 0.487 e. The smallest absolute Gasteiger partial charge is 0.130 e. The van der Waals surface area contributed by atoms with Gasteiger partial charge in [-0.2, -0.15) is 0 Å². The Morgan fingerprint density at radius 3 is 2.89 bits per heavy atom. The predicted octanol–water partition coefficient (Wildman–Crippen LogP) is 2.54. The molecule has 0 aliphatic heterocycles. The summed E-state index contributed by atoms with van der Waals surface area (Å²) >= 11 is 0. The highest BCUT2D eigenvalue weighted by Gasteiger charge is 2.09. The van der Waals surface area contributed by atoms with E-state index < -0.39 is 6.10 Å². The molecular weight excluding hydrogens is 228 g/mol. The number of aromatic nitrogens is 2. The molecule has 4 heteroatoms. The molecule has 1 aromatic heterocycles.